The first kappa shape index (κ1) is 17.8. The number of nitrogens with zero attached hydrogens (tertiary/aromatic N) is 1. The van der Waals surface area contributed by atoms with Crippen molar-refractivity contribution in [2.45, 2.75) is 39.5 Å². The number of carbonyl (C=O) groups excluding carboxylic acids is 1. The molecule has 1 N–H and O–H groups in total. The third-order valence-corrected chi connectivity index (χ3v) is 4.17. The monoisotopic (exact) mass is 350 g/mol. The lowest BCUT2D eigenvalue weighted by atomic mass is 9.92. The average molecular weight is 351 g/mol. The summed E-state index contributed by atoms with van der Waals surface area (Å²) in [6.07, 6.45) is 0. The van der Waals surface area contributed by atoms with Crippen molar-refractivity contribution in [2.75, 3.05) is 5.32 Å². The third kappa shape index (κ3) is 4.04. The van der Waals surface area contributed by atoms with Crippen LogP contribution >= 0.6 is 23.2 Å². The molecule has 1 amide bonds. The maximum atomic E-state index is 12.6. The first-order chi connectivity index (χ1) is 10.8. The van der Waals surface area contributed by atoms with Gasteiger partial charge < -0.3 is 5.32 Å². The SMILES string of the molecule is CC(C)c1cccc(C(C)C)c1NC(=O)c1ccc(Cl)nc1Cl. The number of benzene rings is 1. The summed E-state index contributed by atoms with van der Waals surface area (Å²) in [5.74, 6) is 0.305. The molecule has 0 bridgehead atoms. The fourth-order valence-corrected chi connectivity index (χ4v) is 2.89. The standard InChI is InChI=1S/C18H20Cl2N2O/c1-10(2)12-6-5-7-13(11(3)4)16(12)22-18(23)14-8-9-15(19)21-17(14)20/h5-11H,1-4H3,(H,22,23). The highest BCUT2D eigenvalue weighted by Crippen LogP contribution is 2.33. The topological polar surface area (TPSA) is 42.0 Å². The van der Waals surface area contributed by atoms with Crippen molar-refractivity contribution in [3.63, 3.8) is 0 Å². The Morgan fingerprint density at radius 3 is 2.04 bits per heavy atom. The number of anilines is 1. The van der Waals surface area contributed by atoms with Crippen molar-refractivity contribution in [1.29, 1.82) is 0 Å². The van der Waals surface area contributed by atoms with E-state index < -0.39 is 0 Å². The highest BCUT2D eigenvalue weighted by molar-refractivity contribution is 6.35. The van der Waals surface area contributed by atoms with Gasteiger partial charge in [-0.2, -0.15) is 0 Å². The molecule has 1 heterocycles. The second kappa shape index (κ2) is 7.33. The van der Waals surface area contributed by atoms with Crippen LogP contribution in [0.3, 0.4) is 0 Å². The van der Waals surface area contributed by atoms with E-state index in [2.05, 4.69) is 38.0 Å². The van der Waals surface area contributed by atoms with Gasteiger partial charge in [0, 0.05) is 5.69 Å². The maximum Gasteiger partial charge on any atom is 0.258 e. The Kier molecular flexibility index (Phi) is 5.66. The molecule has 0 radical (unpaired) electrons. The molecular formula is C18H20Cl2N2O. The van der Waals surface area contributed by atoms with Crippen LogP contribution in [-0.2, 0) is 0 Å². The highest BCUT2D eigenvalue weighted by atomic mass is 35.5. The molecule has 3 nitrogen and oxygen atoms in total. The van der Waals surface area contributed by atoms with Crippen LogP contribution in [0.4, 0.5) is 5.69 Å². The van der Waals surface area contributed by atoms with Crippen LogP contribution in [0.15, 0.2) is 30.3 Å². The van der Waals surface area contributed by atoms with Gasteiger partial charge in [-0.3, -0.25) is 4.79 Å². The molecule has 0 aliphatic heterocycles. The van der Waals surface area contributed by atoms with Crippen LogP contribution in [0.5, 0.6) is 0 Å². The van der Waals surface area contributed by atoms with E-state index in [1.165, 1.54) is 0 Å². The average Bonchev–Trinajstić information content (AvgIpc) is 2.46. The summed E-state index contributed by atoms with van der Waals surface area (Å²) in [6.45, 7) is 8.41. The van der Waals surface area contributed by atoms with E-state index in [9.17, 15) is 4.79 Å². The Labute approximate surface area is 147 Å². The normalized spacial score (nSPS) is 11.1. The van der Waals surface area contributed by atoms with Crippen molar-refractivity contribution in [1.82, 2.24) is 4.98 Å². The summed E-state index contributed by atoms with van der Waals surface area (Å²) in [5.41, 5.74) is 3.36. The fourth-order valence-electron chi connectivity index (χ4n) is 2.46. The zero-order valence-corrected chi connectivity index (χ0v) is 15.2. The van der Waals surface area contributed by atoms with Gasteiger partial charge in [0.15, 0.2) is 0 Å². The Bertz CT molecular complexity index is 701. The van der Waals surface area contributed by atoms with Crippen molar-refractivity contribution >= 4 is 34.8 Å². The Hall–Kier alpha value is -1.58. The molecule has 0 saturated heterocycles. The minimum Gasteiger partial charge on any atom is -0.321 e. The number of pyridine rings is 1. The lowest BCUT2D eigenvalue weighted by Gasteiger charge is -2.20. The number of halogens is 2. The van der Waals surface area contributed by atoms with Crippen molar-refractivity contribution < 1.29 is 4.79 Å². The predicted molar refractivity (Wildman–Crippen MR) is 96.8 cm³/mol. The summed E-state index contributed by atoms with van der Waals surface area (Å²) in [6, 6.07) is 9.24. The minimum atomic E-state index is -0.283. The molecule has 2 rings (SSSR count). The first-order valence-electron chi connectivity index (χ1n) is 7.57. The lowest BCUT2D eigenvalue weighted by molar-refractivity contribution is 0.102. The molecule has 0 saturated carbocycles. The second-order valence-electron chi connectivity index (χ2n) is 6.05. The van der Waals surface area contributed by atoms with Gasteiger partial charge in [-0.1, -0.05) is 69.1 Å². The van der Waals surface area contributed by atoms with Crippen LogP contribution in [0.25, 0.3) is 0 Å². The maximum absolute atomic E-state index is 12.6. The number of hydrogen-bond acceptors (Lipinski definition) is 2. The fraction of sp³-hybridized carbons (Fsp3) is 0.333. The summed E-state index contributed by atoms with van der Waals surface area (Å²) < 4.78 is 0. The molecular weight excluding hydrogens is 331 g/mol. The smallest absolute Gasteiger partial charge is 0.258 e. The first-order valence-corrected chi connectivity index (χ1v) is 8.33. The second-order valence-corrected chi connectivity index (χ2v) is 6.79. The molecule has 0 unspecified atom stereocenters. The zero-order chi connectivity index (χ0) is 17.1. The van der Waals surface area contributed by atoms with E-state index in [1.807, 2.05) is 18.2 Å². The summed E-state index contributed by atoms with van der Waals surface area (Å²) in [4.78, 5) is 16.5. The van der Waals surface area contributed by atoms with Crippen LogP contribution in [0.2, 0.25) is 10.3 Å². The molecule has 0 aliphatic rings. The number of nitrogens with one attached hydrogen (secondary N) is 1. The largest absolute Gasteiger partial charge is 0.321 e. The van der Waals surface area contributed by atoms with E-state index in [1.54, 1.807) is 12.1 Å². The van der Waals surface area contributed by atoms with Crippen molar-refractivity contribution in [2.24, 2.45) is 0 Å². The molecule has 0 spiro atoms. The Morgan fingerprint density at radius 2 is 1.57 bits per heavy atom. The van der Waals surface area contributed by atoms with Gasteiger partial charge in [-0.15, -0.1) is 0 Å². The quantitative estimate of drug-likeness (QED) is 0.698. The molecule has 0 atom stereocenters. The van der Waals surface area contributed by atoms with Crippen molar-refractivity contribution in [3.8, 4) is 0 Å². The van der Waals surface area contributed by atoms with Crippen LogP contribution in [-0.4, -0.2) is 10.9 Å². The van der Waals surface area contributed by atoms with Gasteiger partial charge >= 0.3 is 0 Å². The lowest BCUT2D eigenvalue weighted by Crippen LogP contribution is -2.16. The molecule has 122 valence electrons. The molecule has 23 heavy (non-hydrogen) atoms. The number of hydrogen-bond donors (Lipinski definition) is 1. The molecule has 1 aromatic carbocycles. The molecule has 0 aliphatic carbocycles. The molecule has 5 heteroatoms. The van der Waals surface area contributed by atoms with Crippen LogP contribution in [0.1, 0.15) is 61.0 Å². The summed E-state index contributed by atoms with van der Waals surface area (Å²) >= 11 is 11.8. The van der Waals surface area contributed by atoms with E-state index in [4.69, 9.17) is 23.2 Å². The van der Waals surface area contributed by atoms with Crippen molar-refractivity contribution in [3.05, 3.63) is 57.3 Å². The van der Waals surface area contributed by atoms with E-state index in [-0.39, 0.29) is 16.2 Å². The van der Waals surface area contributed by atoms with Crippen LogP contribution < -0.4 is 5.32 Å². The Balaban J connectivity index is 2.44. The van der Waals surface area contributed by atoms with Gasteiger partial charge in [-0.05, 0) is 35.1 Å². The summed E-state index contributed by atoms with van der Waals surface area (Å²) in [7, 11) is 0. The molecule has 2 aromatic rings. The van der Waals surface area contributed by atoms with Crippen LogP contribution in [0, 0.1) is 0 Å². The Morgan fingerprint density at radius 1 is 1.00 bits per heavy atom. The summed E-state index contributed by atoms with van der Waals surface area (Å²) in [5, 5.41) is 3.37. The van der Waals surface area contributed by atoms with Gasteiger partial charge in [0.05, 0.1) is 5.56 Å². The highest BCUT2D eigenvalue weighted by Gasteiger charge is 2.18. The number of aromatic nitrogens is 1. The number of amides is 1. The number of rotatable bonds is 4. The number of para-hydroxylation sites is 1. The number of carbonyl (C=O) groups is 1. The van der Waals surface area contributed by atoms with Gasteiger partial charge in [0.1, 0.15) is 10.3 Å². The van der Waals surface area contributed by atoms with E-state index in [0.29, 0.717) is 17.4 Å². The van der Waals surface area contributed by atoms with E-state index >= 15 is 0 Å². The molecule has 1 aromatic heterocycles. The minimum absolute atomic E-state index is 0.100. The van der Waals surface area contributed by atoms with Gasteiger partial charge in [0.2, 0.25) is 0 Å². The van der Waals surface area contributed by atoms with Gasteiger partial charge in [0.25, 0.3) is 5.91 Å². The van der Waals surface area contributed by atoms with E-state index in [0.717, 1.165) is 16.8 Å². The third-order valence-electron chi connectivity index (χ3n) is 3.67. The zero-order valence-electron chi connectivity index (χ0n) is 13.7. The predicted octanol–water partition coefficient (Wildman–Crippen LogP) is 5.89. The van der Waals surface area contributed by atoms with Gasteiger partial charge in [-0.25, -0.2) is 4.98 Å². The molecule has 0 fully saturated rings.